The molecule has 0 amide bonds. The van der Waals surface area contributed by atoms with Crippen molar-refractivity contribution in [3.8, 4) is 5.75 Å². The molecule has 0 atom stereocenters. The van der Waals surface area contributed by atoms with Crippen LogP contribution in [0.25, 0.3) is 0 Å². The Morgan fingerprint density at radius 3 is 2.21 bits per heavy atom. The van der Waals surface area contributed by atoms with Gasteiger partial charge in [-0.15, -0.1) is 0 Å². The lowest BCUT2D eigenvalue weighted by atomic mass is 9.98. The number of aromatic carboxylic acids is 1. The molecular weight excluding hydrogens is 312 g/mol. The molecule has 0 radical (unpaired) electrons. The van der Waals surface area contributed by atoms with Gasteiger partial charge in [-0.1, -0.05) is 12.1 Å². The van der Waals surface area contributed by atoms with Crippen molar-refractivity contribution in [3.63, 3.8) is 0 Å². The number of rotatable bonds is 3. The topological polar surface area (TPSA) is 74.6 Å². The van der Waals surface area contributed by atoms with E-state index in [4.69, 9.17) is 5.11 Å². The summed E-state index contributed by atoms with van der Waals surface area (Å²) in [6.07, 6.45) is 0. The molecule has 0 spiro atoms. The largest absolute Gasteiger partial charge is 0.508 e. The SMILES string of the molecule is O=C(c1ccc(O)cc1)c1cccc(Br)c1C(=O)O. The maximum atomic E-state index is 12.3. The lowest BCUT2D eigenvalue weighted by Crippen LogP contribution is -2.10. The first kappa shape index (κ1) is 13.3. The van der Waals surface area contributed by atoms with Gasteiger partial charge in [0.1, 0.15) is 5.75 Å². The van der Waals surface area contributed by atoms with Crippen LogP contribution in [0.15, 0.2) is 46.9 Å². The van der Waals surface area contributed by atoms with E-state index in [-0.39, 0.29) is 16.9 Å². The number of ketones is 1. The molecular formula is C14H9BrO4. The molecule has 0 fully saturated rings. The van der Waals surface area contributed by atoms with Gasteiger partial charge >= 0.3 is 5.97 Å². The monoisotopic (exact) mass is 320 g/mol. The summed E-state index contributed by atoms with van der Waals surface area (Å²) < 4.78 is 0.352. The second kappa shape index (κ2) is 5.24. The molecule has 5 heteroatoms. The van der Waals surface area contributed by atoms with Crippen molar-refractivity contribution in [2.45, 2.75) is 0 Å². The molecule has 0 unspecified atom stereocenters. The zero-order chi connectivity index (χ0) is 14.0. The molecule has 0 aromatic heterocycles. The number of phenolic OH excluding ortho intramolecular Hbond substituents is 1. The Bertz CT molecular complexity index is 647. The van der Waals surface area contributed by atoms with Crippen LogP contribution < -0.4 is 0 Å². The lowest BCUT2D eigenvalue weighted by Gasteiger charge is -2.07. The van der Waals surface area contributed by atoms with Gasteiger partial charge in [-0.2, -0.15) is 0 Å². The zero-order valence-electron chi connectivity index (χ0n) is 9.63. The van der Waals surface area contributed by atoms with Crippen molar-refractivity contribution in [1.29, 1.82) is 0 Å². The number of hydrogen-bond acceptors (Lipinski definition) is 3. The third-order valence-electron chi connectivity index (χ3n) is 2.60. The van der Waals surface area contributed by atoms with Gasteiger partial charge in [0.05, 0.1) is 5.56 Å². The summed E-state index contributed by atoms with van der Waals surface area (Å²) in [5, 5.41) is 18.3. The minimum Gasteiger partial charge on any atom is -0.508 e. The molecule has 0 aliphatic carbocycles. The highest BCUT2D eigenvalue weighted by atomic mass is 79.9. The van der Waals surface area contributed by atoms with Crippen LogP contribution >= 0.6 is 15.9 Å². The highest BCUT2D eigenvalue weighted by molar-refractivity contribution is 9.10. The van der Waals surface area contributed by atoms with Crippen molar-refractivity contribution >= 4 is 27.7 Å². The van der Waals surface area contributed by atoms with Gasteiger partial charge in [0.25, 0.3) is 0 Å². The number of carboxylic acids is 1. The summed E-state index contributed by atoms with van der Waals surface area (Å²) in [6.45, 7) is 0. The third-order valence-corrected chi connectivity index (χ3v) is 3.26. The standard InChI is InChI=1S/C14H9BrO4/c15-11-3-1-2-10(12(11)14(18)19)13(17)8-4-6-9(16)7-5-8/h1-7,16H,(H,18,19). The number of carbonyl (C=O) groups excluding carboxylic acids is 1. The summed E-state index contributed by atoms with van der Waals surface area (Å²) in [4.78, 5) is 23.5. The minimum atomic E-state index is -1.17. The summed E-state index contributed by atoms with van der Waals surface area (Å²) in [5.74, 6) is -1.53. The van der Waals surface area contributed by atoms with E-state index >= 15 is 0 Å². The van der Waals surface area contributed by atoms with Gasteiger partial charge in [0, 0.05) is 15.6 Å². The molecule has 0 saturated carbocycles. The molecule has 0 aliphatic rings. The Morgan fingerprint density at radius 2 is 1.63 bits per heavy atom. The highest BCUT2D eigenvalue weighted by Gasteiger charge is 2.20. The first-order valence-corrected chi connectivity index (χ1v) is 6.15. The molecule has 2 aromatic rings. The highest BCUT2D eigenvalue weighted by Crippen LogP contribution is 2.23. The molecule has 2 rings (SSSR count). The predicted octanol–water partition coefficient (Wildman–Crippen LogP) is 3.08. The Hall–Kier alpha value is -2.14. The van der Waals surface area contributed by atoms with Crippen LogP contribution in [-0.4, -0.2) is 22.0 Å². The summed E-state index contributed by atoms with van der Waals surface area (Å²) in [6, 6.07) is 10.3. The van der Waals surface area contributed by atoms with Gasteiger partial charge in [-0.3, -0.25) is 4.79 Å². The first-order chi connectivity index (χ1) is 9.00. The van der Waals surface area contributed by atoms with E-state index in [2.05, 4.69) is 15.9 Å². The quantitative estimate of drug-likeness (QED) is 0.852. The third kappa shape index (κ3) is 2.66. The Morgan fingerprint density at radius 1 is 1.00 bits per heavy atom. The number of carboxylic acid groups (broad SMARTS) is 1. The second-order valence-corrected chi connectivity index (χ2v) is 4.70. The van der Waals surface area contributed by atoms with E-state index < -0.39 is 11.8 Å². The molecule has 2 aromatic carbocycles. The van der Waals surface area contributed by atoms with Crippen LogP contribution in [0, 0.1) is 0 Å². The number of carbonyl (C=O) groups is 2. The Kier molecular flexibility index (Phi) is 3.66. The van der Waals surface area contributed by atoms with Crippen LogP contribution in [0.2, 0.25) is 0 Å². The molecule has 2 N–H and O–H groups in total. The molecule has 0 heterocycles. The number of benzene rings is 2. The van der Waals surface area contributed by atoms with Crippen LogP contribution in [0.1, 0.15) is 26.3 Å². The molecule has 0 bridgehead atoms. The molecule has 0 saturated heterocycles. The van der Waals surface area contributed by atoms with Gasteiger partial charge in [-0.05, 0) is 46.3 Å². The van der Waals surface area contributed by atoms with E-state index in [1.807, 2.05) is 0 Å². The maximum Gasteiger partial charge on any atom is 0.337 e. The average molecular weight is 321 g/mol. The second-order valence-electron chi connectivity index (χ2n) is 3.84. The number of halogens is 1. The van der Waals surface area contributed by atoms with Crippen molar-refractivity contribution < 1.29 is 19.8 Å². The summed E-state index contributed by atoms with van der Waals surface area (Å²) in [7, 11) is 0. The maximum absolute atomic E-state index is 12.3. The van der Waals surface area contributed by atoms with Gasteiger partial charge in [0.2, 0.25) is 0 Å². The summed E-state index contributed by atoms with van der Waals surface area (Å²) >= 11 is 3.13. The lowest BCUT2D eigenvalue weighted by molar-refractivity contribution is 0.0691. The number of hydrogen-bond donors (Lipinski definition) is 2. The van der Waals surface area contributed by atoms with Crippen molar-refractivity contribution in [3.05, 3.63) is 63.6 Å². The van der Waals surface area contributed by atoms with Crippen LogP contribution in [0.3, 0.4) is 0 Å². The molecule has 96 valence electrons. The normalized spacial score (nSPS) is 10.2. The van der Waals surface area contributed by atoms with E-state index in [0.717, 1.165) is 0 Å². The van der Waals surface area contributed by atoms with Crippen LogP contribution in [0.4, 0.5) is 0 Å². The fourth-order valence-corrected chi connectivity index (χ4v) is 2.23. The Balaban J connectivity index is 2.53. The van der Waals surface area contributed by atoms with Crippen molar-refractivity contribution in [1.82, 2.24) is 0 Å². The number of aromatic hydroxyl groups is 1. The van der Waals surface area contributed by atoms with Gasteiger partial charge in [0.15, 0.2) is 5.78 Å². The van der Waals surface area contributed by atoms with E-state index in [9.17, 15) is 14.7 Å². The van der Waals surface area contributed by atoms with E-state index in [1.165, 1.54) is 30.3 Å². The van der Waals surface area contributed by atoms with Gasteiger partial charge in [-0.25, -0.2) is 4.79 Å². The Labute approximate surface area is 117 Å². The van der Waals surface area contributed by atoms with Crippen LogP contribution in [-0.2, 0) is 0 Å². The molecule has 4 nitrogen and oxygen atoms in total. The summed E-state index contributed by atoms with van der Waals surface area (Å²) in [5.41, 5.74) is 0.353. The molecule has 19 heavy (non-hydrogen) atoms. The fourth-order valence-electron chi connectivity index (χ4n) is 1.70. The smallest absolute Gasteiger partial charge is 0.337 e. The van der Waals surface area contributed by atoms with E-state index in [0.29, 0.717) is 10.0 Å². The van der Waals surface area contributed by atoms with Crippen molar-refractivity contribution in [2.75, 3.05) is 0 Å². The first-order valence-electron chi connectivity index (χ1n) is 5.36. The molecule has 0 aliphatic heterocycles. The number of phenols is 1. The predicted molar refractivity (Wildman–Crippen MR) is 72.6 cm³/mol. The minimum absolute atomic E-state index is 0.0456. The fraction of sp³-hybridized carbons (Fsp3) is 0. The zero-order valence-corrected chi connectivity index (χ0v) is 11.2. The van der Waals surface area contributed by atoms with E-state index in [1.54, 1.807) is 12.1 Å². The average Bonchev–Trinajstić information content (AvgIpc) is 2.38. The van der Waals surface area contributed by atoms with Gasteiger partial charge < -0.3 is 10.2 Å². The van der Waals surface area contributed by atoms with Crippen molar-refractivity contribution in [2.24, 2.45) is 0 Å². The van der Waals surface area contributed by atoms with Crippen LogP contribution in [0.5, 0.6) is 5.75 Å².